The number of hydrogen-bond donors (Lipinski definition) is 1. The lowest BCUT2D eigenvalue weighted by atomic mass is 10.1. The Hall–Kier alpha value is -2.41. The molecule has 2 atom stereocenters. The number of urea groups is 1. The quantitative estimate of drug-likeness (QED) is 0.816. The number of likely N-dealkylation sites (N-methyl/N-ethyl adjacent to an activating group) is 1. The summed E-state index contributed by atoms with van der Waals surface area (Å²) in [5.74, 6) is -0.275. The van der Waals surface area contributed by atoms with Crippen LogP contribution in [-0.2, 0) is 4.79 Å². The average Bonchev–Trinajstić information content (AvgIpc) is 3.05. The van der Waals surface area contributed by atoms with Crippen molar-refractivity contribution in [2.75, 3.05) is 31.6 Å². The zero-order chi connectivity index (χ0) is 17.6. The number of anilines is 1. The molecule has 1 N–H and O–H groups in total. The molecule has 0 radical (unpaired) electrons. The van der Waals surface area contributed by atoms with Crippen molar-refractivity contribution < 1.29 is 14.4 Å². The van der Waals surface area contributed by atoms with Crippen LogP contribution in [-0.4, -0.2) is 66.4 Å². The highest BCUT2D eigenvalue weighted by atomic mass is 16.2. The van der Waals surface area contributed by atoms with Gasteiger partial charge in [0, 0.05) is 36.4 Å². The van der Waals surface area contributed by atoms with E-state index in [-0.39, 0.29) is 18.4 Å². The lowest BCUT2D eigenvalue weighted by Gasteiger charge is -2.26. The van der Waals surface area contributed by atoms with Crippen LogP contribution in [0.25, 0.3) is 0 Å². The summed E-state index contributed by atoms with van der Waals surface area (Å²) in [6, 6.07) is 7.55. The molecule has 3 fully saturated rings. The first-order chi connectivity index (χ1) is 12.0. The van der Waals surface area contributed by atoms with Gasteiger partial charge in [-0.15, -0.1) is 0 Å². The molecular weight excluding hydrogens is 320 g/mol. The second-order valence-electron chi connectivity index (χ2n) is 7.08. The number of nitrogens with zero attached hydrogens (tertiary/aromatic N) is 3. The van der Waals surface area contributed by atoms with Crippen LogP contribution in [0.1, 0.15) is 29.6 Å². The predicted octanol–water partition coefficient (Wildman–Crippen LogP) is 1.05. The summed E-state index contributed by atoms with van der Waals surface area (Å²) >= 11 is 0. The topological polar surface area (TPSA) is 73.0 Å². The number of benzene rings is 1. The van der Waals surface area contributed by atoms with Gasteiger partial charge in [0.25, 0.3) is 5.91 Å². The third kappa shape index (κ3) is 2.89. The average molecular weight is 342 g/mol. The summed E-state index contributed by atoms with van der Waals surface area (Å²) in [4.78, 5) is 41.6. The van der Waals surface area contributed by atoms with Crippen molar-refractivity contribution in [1.82, 2.24) is 15.1 Å². The summed E-state index contributed by atoms with van der Waals surface area (Å²) in [6.45, 7) is 1.58. The number of carbonyl (C=O) groups is 3. The Bertz CT molecular complexity index is 718. The van der Waals surface area contributed by atoms with Crippen LogP contribution in [0.5, 0.6) is 0 Å². The maximum absolute atomic E-state index is 12.8. The number of nitrogens with one attached hydrogen (secondary N) is 1. The van der Waals surface area contributed by atoms with Crippen LogP contribution in [0.2, 0.25) is 0 Å². The fourth-order valence-corrected chi connectivity index (χ4v) is 4.11. The minimum absolute atomic E-state index is 0.0215. The summed E-state index contributed by atoms with van der Waals surface area (Å²) in [5, 5.41) is 2.25. The van der Waals surface area contributed by atoms with Gasteiger partial charge >= 0.3 is 6.03 Å². The first-order valence-corrected chi connectivity index (χ1v) is 8.75. The molecule has 4 rings (SSSR count). The summed E-state index contributed by atoms with van der Waals surface area (Å²) in [7, 11) is 2.16. The van der Waals surface area contributed by atoms with E-state index in [9.17, 15) is 14.4 Å². The van der Waals surface area contributed by atoms with Gasteiger partial charge in [-0.05, 0) is 50.6 Å². The largest absolute Gasteiger partial charge is 0.337 e. The Morgan fingerprint density at radius 3 is 2.48 bits per heavy atom. The lowest BCUT2D eigenvalue weighted by molar-refractivity contribution is -0.117. The molecule has 7 nitrogen and oxygen atoms in total. The molecule has 3 saturated heterocycles. The Kier molecular flexibility index (Phi) is 3.95. The van der Waals surface area contributed by atoms with Crippen molar-refractivity contribution >= 4 is 23.5 Å². The minimum atomic E-state index is -0.421. The smallest absolute Gasteiger partial charge is 0.329 e. The number of fused-ring (bicyclic) bond motifs is 2. The number of rotatable bonds is 2. The van der Waals surface area contributed by atoms with Crippen molar-refractivity contribution in [3.63, 3.8) is 0 Å². The fourth-order valence-electron chi connectivity index (χ4n) is 4.11. The normalized spacial score (nSPS) is 26.8. The molecule has 1 aromatic rings. The van der Waals surface area contributed by atoms with Gasteiger partial charge in [-0.1, -0.05) is 0 Å². The Morgan fingerprint density at radius 2 is 1.80 bits per heavy atom. The third-order valence-corrected chi connectivity index (χ3v) is 5.65. The number of carbonyl (C=O) groups excluding carboxylic acids is 3. The van der Waals surface area contributed by atoms with Crippen LogP contribution >= 0.6 is 0 Å². The molecule has 2 bridgehead atoms. The first kappa shape index (κ1) is 16.1. The molecule has 0 aromatic heterocycles. The molecule has 4 amide bonds. The summed E-state index contributed by atoms with van der Waals surface area (Å²) in [6.07, 6.45) is 3.41. The van der Waals surface area contributed by atoms with Gasteiger partial charge in [0.2, 0.25) is 5.91 Å². The maximum atomic E-state index is 12.8. The van der Waals surface area contributed by atoms with E-state index in [0.29, 0.717) is 23.3 Å². The fraction of sp³-hybridized carbons (Fsp3) is 0.500. The van der Waals surface area contributed by atoms with Gasteiger partial charge in [0.1, 0.15) is 6.54 Å². The van der Waals surface area contributed by atoms with Gasteiger partial charge in [0.15, 0.2) is 0 Å². The van der Waals surface area contributed by atoms with Crippen molar-refractivity contribution in [3.8, 4) is 0 Å². The van der Waals surface area contributed by atoms with Gasteiger partial charge in [-0.3, -0.25) is 24.7 Å². The second kappa shape index (κ2) is 6.15. The van der Waals surface area contributed by atoms with Crippen molar-refractivity contribution in [3.05, 3.63) is 29.8 Å². The Labute approximate surface area is 146 Å². The van der Waals surface area contributed by atoms with Crippen molar-refractivity contribution in [1.29, 1.82) is 0 Å². The molecule has 0 saturated carbocycles. The molecule has 3 heterocycles. The zero-order valence-corrected chi connectivity index (χ0v) is 14.3. The van der Waals surface area contributed by atoms with E-state index in [0.717, 1.165) is 25.9 Å². The number of hydrogen-bond acceptors (Lipinski definition) is 4. The standard InChI is InChI=1S/C18H22N4O3/c1-20-13-6-7-15(20)10-21(9-8-13)17(24)12-2-4-14(5-3-12)22-11-16(23)19-18(22)25/h2-5,13,15H,6-11H2,1H3,(H,19,23,25)/t13-,15+/m1/s1. The molecule has 25 heavy (non-hydrogen) atoms. The molecule has 3 aliphatic rings. The minimum Gasteiger partial charge on any atom is -0.337 e. The maximum Gasteiger partial charge on any atom is 0.329 e. The first-order valence-electron chi connectivity index (χ1n) is 8.75. The third-order valence-electron chi connectivity index (χ3n) is 5.65. The van der Waals surface area contributed by atoms with Crippen LogP contribution in [0.3, 0.4) is 0 Å². The SMILES string of the molecule is CN1[C@@H]2CC[C@H]1CN(C(=O)c1ccc(N3CC(=O)NC3=O)cc1)CC2. The molecule has 0 unspecified atom stereocenters. The van der Waals surface area contributed by atoms with E-state index in [1.807, 2.05) is 4.90 Å². The van der Waals surface area contributed by atoms with Gasteiger partial charge in [0.05, 0.1) is 0 Å². The molecule has 0 aliphatic carbocycles. The van der Waals surface area contributed by atoms with E-state index < -0.39 is 6.03 Å². The molecule has 7 heteroatoms. The van der Waals surface area contributed by atoms with Crippen molar-refractivity contribution in [2.45, 2.75) is 31.3 Å². The van der Waals surface area contributed by atoms with Gasteiger partial charge in [-0.2, -0.15) is 0 Å². The number of amides is 4. The van der Waals surface area contributed by atoms with Crippen molar-refractivity contribution in [2.24, 2.45) is 0 Å². The zero-order valence-electron chi connectivity index (χ0n) is 14.3. The molecule has 1 aromatic carbocycles. The summed E-state index contributed by atoms with van der Waals surface area (Å²) < 4.78 is 0. The van der Waals surface area contributed by atoms with Crippen LogP contribution < -0.4 is 10.2 Å². The van der Waals surface area contributed by atoms with E-state index in [1.165, 1.54) is 11.3 Å². The van der Waals surface area contributed by atoms with Crippen LogP contribution in [0, 0.1) is 0 Å². The number of likely N-dealkylation sites (tertiary alicyclic amines) is 1. The Morgan fingerprint density at radius 1 is 1.08 bits per heavy atom. The molecular formula is C18H22N4O3. The monoisotopic (exact) mass is 342 g/mol. The highest BCUT2D eigenvalue weighted by Crippen LogP contribution is 2.29. The lowest BCUT2D eigenvalue weighted by Crippen LogP contribution is -2.39. The molecule has 132 valence electrons. The van der Waals surface area contributed by atoms with Crippen LogP contribution in [0.15, 0.2) is 24.3 Å². The van der Waals surface area contributed by atoms with E-state index in [2.05, 4.69) is 17.3 Å². The molecule has 3 aliphatic heterocycles. The number of imide groups is 1. The Balaban J connectivity index is 1.47. The predicted molar refractivity (Wildman–Crippen MR) is 92.4 cm³/mol. The highest BCUT2D eigenvalue weighted by molar-refractivity contribution is 6.12. The highest BCUT2D eigenvalue weighted by Gasteiger charge is 2.36. The van der Waals surface area contributed by atoms with E-state index >= 15 is 0 Å². The van der Waals surface area contributed by atoms with Gasteiger partial charge in [-0.25, -0.2) is 4.79 Å². The van der Waals surface area contributed by atoms with E-state index in [1.54, 1.807) is 24.3 Å². The van der Waals surface area contributed by atoms with Crippen LogP contribution in [0.4, 0.5) is 10.5 Å². The second-order valence-corrected chi connectivity index (χ2v) is 7.08. The summed E-state index contributed by atoms with van der Waals surface area (Å²) in [5.41, 5.74) is 1.24. The van der Waals surface area contributed by atoms with Gasteiger partial charge < -0.3 is 4.90 Å². The molecule has 0 spiro atoms. The van der Waals surface area contributed by atoms with E-state index in [4.69, 9.17) is 0 Å².